The molecule has 5 heterocycles. The first-order valence-corrected chi connectivity index (χ1v) is 16.4. The summed E-state index contributed by atoms with van der Waals surface area (Å²) in [5.41, 5.74) is 9.07. The molecule has 0 aromatic carbocycles. The summed E-state index contributed by atoms with van der Waals surface area (Å²) in [6.07, 6.45) is 5.39. The minimum Gasteiger partial charge on any atom is -0.495 e. The second kappa shape index (κ2) is 12.6. The Balaban J connectivity index is 1.50. The first-order valence-electron chi connectivity index (χ1n) is 15.2. The molecule has 0 spiro atoms. The Hall–Kier alpha value is -3.86. The van der Waals surface area contributed by atoms with Gasteiger partial charge in [0, 0.05) is 77.6 Å². The maximum Gasteiger partial charge on any atom is 0.303 e. The Bertz CT molecular complexity index is 1560. The number of nitrogens with one attached hydrogen (secondary N) is 4. The number of allylic oxidation sites excluding steroid dienone is 2. The van der Waals surface area contributed by atoms with Crippen LogP contribution >= 0.6 is 0 Å². The van der Waals surface area contributed by atoms with Crippen molar-refractivity contribution >= 4 is 35.7 Å². The van der Waals surface area contributed by atoms with Gasteiger partial charge in [-0.15, -0.1) is 0 Å². The average Bonchev–Trinajstić information content (AvgIpc) is 3.53. The molecule has 5 atom stereocenters. The Kier molecular flexibility index (Phi) is 9.06. The average molecular weight is 624 g/mol. The number of aromatic amines is 2. The van der Waals surface area contributed by atoms with Crippen LogP contribution in [0.1, 0.15) is 71.7 Å². The van der Waals surface area contributed by atoms with E-state index in [9.17, 15) is 29.7 Å². The molecule has 10 nitrogen and oxygen atoms in total. The number of aliphatic hydroxyl groups is 1. The second-order valence-corrected chi connectivity index (χ2v) is 13.8. The Morgan fingerprint density at radius 1 is 0.977 bits per heavy atom. The fraction of sp³-hybridized carbons (Fsp3) is 0.485. The zero-order chi connectivity index (χ0) is 31.9. The van der Waals surface area contributed by atoms with Crippen LogP contribution in [0.5, 0.6) is 0 Å². The van der Waals surface area contributed by atoms with Crippen molar-refractivity contribution in [3.63, 3.8) is 0 Å². The summed E-state index contributed by atoms with van der Waals surface area (Å²) in [5, 5.41) is 36.1. The molecule has 1 amide bonds. The van der Waals surface area contributed by atoms with Crippen molar-refractivity contribution in [1.82, 2.24) is 20.6 Å². The summed E-state index contributed by atoms with van der Waals surface area (Å²) >= 11 is 1.36. The standard InChI is InChI=1S/C33H42N4O6S/c1-6-19-15(2)24(36-33(19)43)11-22-16(3)20(7-9-29(38)39)25(34-22)13-26-21(8-10-30(40)41)17(4)23(35-26)12-27-31(28-14-44-28)18(5)32(42)37-27/h6,12,15,18,24,28,31,34-36,43H,1,7-11,13-14H2,2-5H3,(H,37,42)(H,38,39)(H,40,41)/p+1/b27-12-/t15?,18-,24-,28-,31-/m1/s1. The van der Waals surface area contributed by atoms with Crippen LogP contribution in [0.2, 0.25) is 0 Å². The third kappa shape index (κ3) is 6.33. The van der Waals surface area contributed by atoms with Crippen LogP contribution in [0.3, 0.4) is 0 Å². The van der Waals surface area contributed by atoms with Gasteiger partial charge < -0.3 is 35.9 Å². The summed E-state index contributed by atoms with van der Waals surface area (Å²) in [5.74, 6) is -0.390. The highest BCUT2D eigenvalue weighted by Crippen LogP contribution is 2.38. The molecule has 2 saturated heterocycles. The maximum absolute atomic E-state index is 12.6. The lowest BCUT2D eigenvalue weighted by atomic mass is 9.91. The Labute approximate surface area is 261 Å². The Morgan fingerprint density at radius 2 is 1.59 bits per heavy atom. The first kappa shape index (κ1) is 31.6. The van der Waals surface area contributed by atoms with E-state index in [-0.39, 0.29) is 48.4 Å². The molecule has 5 rings (SSSR count). The van der Waals surface area contributed by atoms with E-state index < -0.39 is 11.9 Å². The second-order valence-electron chi connectivity index (χ2n) is 12.4. The summed E-state index contributed by atoms with van der Waals surface area (Å²) in [7, 11) is 0. The largest absolute Gasteiger partial charge is 0.495 e. The highest BCUT2D eigenvalue weighted by Gasteiger charge is 2.52. The van der Waals surface area contributed by atoms with Crippen LogP contribution in [-0.2, 0) is 51.8 Å². The van der Waals surface area contributed by atoms with Gasteiger partial charge in [-0.2, -0.15) is 0 Å². The number of carboxylic acid groups (broad SMARTS) is 2. The minimum atomic E-state index is -0.879. The van der Waals surface area contributed by atoms with Gasteiger partial charge in [-0.25, -0.2) is 0 Å². The van der Waals surface area contributed by atoms with Gasteiger partial charge in [0.25, 0.3) is 0 Å². The number of carbonyl (C=O) groups excluding carboxylic acids is 1. The van der Waals surface area contributed by atoms with Gasteiger partial charge in [0.15, 0.2) is 16.9 Å². The van der Waals surface area contributed by atoms with E-state index in [0.717, 1.165) is 62.1 Å². The number of hydrogen-bond acceptors (Lipinski definition) is 5. The van der Waals surface area contributed by atoms with Gasteiger partial charge in [-0.05, 0) is 66.8 Å². The van der Waals surface area contributed by atoms with E-state index in [0.29, 0.717) is 30.9 Å². The molecular weight excluding hydrogens is 580 g/mol. The van der Waals surface area contributed by atoms with Gasteiger partial charge in [0.1, 0.15) is 0 Å². The Morgan fingerprint density at radius 3 is 2.16 bits per heavy atom. The van der Waals surface area contributed by atoms with Crippen molar-refractivity contribution in [2.45, 2.75) is 77.5 Å². The smallest absolute Gasteiger partial charge is 0.303 e. The molecule has 236 valence electrons. The number of carbonyl (C=O) groups is 3. The quantitative estimate of drug-likeness (QED) is 0.102. The number of H-pyrrole nitrogens is 2. The van der Waals surface area contributed by atoms with Crippen molar-refractivity contribution in [3.8, 4) is 0 Å². The molecule has 3 aliphatic rings. The lowest BCUT2D eigenvalue weighted by Gasteiger charge is -2.17. The number of thiol groups is 1. The number of rotatable bonds is 13. The molecule has 2 aromatic rings. The molecular formula is C33H43N4O6S+. The summed E-state index contributed by atoms with van der Waals surface area (Å²) in [6.45, 7) is 11.8. The number of aliphatic carboxylic acids is 2. The third-order valence-electron chi connectivity index (χ3n) is 9.63. The van der Waals surface area contributed by atoms with Crippen molar-refractivity contribution in [2.75, 3.05) is 5.75 Å². The zero-order valence-corrected chi connectivity index (χ0v) is 26.6. The highest BCUT2D eigenvalue weighted by molar-refractivity contribution is 7.86. The van der Waals surface area contributed by atoms with Crippen LogP contribution in [0.4, 0.5) is 0 Å². The molecule has 0 aliphatic carbocycles. The lowest BCUT2D eigenvalue weighted by molar-refractivity contribution is -0.138. The van der Waals surface area contributed by atoms with Crippen LogP contribution in [0.15, 0.2) is 29.8 Å². The van der Waals surface area contributed by atoms with E-state index in [2.05, 4.69) is 27.2 Å². The number of aromatic nitrogens is 2. The summed E-state index contributed by atoms with van der Waals surface area (Å²) in [6, 6.07) is -0.0552. The molecule has 1 unspecified atom stereocenters. The number of aliphatic hydroxyl groups excluding tert-OH is 1. The molecule has 2 aromatic heterocycles. The lowest BCUT2D eigenvalue weighted by Crippen LogP contribution is -2.30. The van der Waals surface area contributed by atoms with E-state index in [1.807, 2.05) is 33.8 Å². The number of carboxylic acids is 2. The molecule has 3 aliphatic heterocycles. The predicted octanol–water partition coefficient (Wildman–Crippen LogP) is 3.61. The normalized spacial score (nSPS) is 25.4. The summed E-state index contributed by atoms with van der Waals surface area (Å²) in [4.78, 5) is 42.9. The third-order valence-corrected chi connectivity index (χ3v) is 10.7. The predicted molar refractivity (Wildman–Crippen MR) is 172 cm³/mol. The topological polar surface area (TPSA) is 168 Å². The van der Waals surface area contributed by atoms with Crippen molar-refractivity contribution < 1.29 is 29.7 Å². The molecule has 0 bridgehead atoms. The van der Waals surface area contributed by atoms with E-state index in [4.69, 9.17) is 0 Å². The number of hydrogen-bond donors (Lipinski definition) is 7. The molecule has 44 heavy (non-hydrogen) atoms. The van der Waals surface area contributed by atoms with Gasteiger partial charge >= 0.3 is 11.9 Å². The molecule has 11 heteroatoms. The van der Waals surface area contributed by atoms with Crippen molar-refractivity contribution in [1.29, 1.82) is 0 Å². The van der Waals surface area contributed by atoms with Crippen LogP contribution in [0, 0.1) is 31.6 Å². The van der Waals surface area contributed by atoms with Crippen molar-refractivity contribution in [3.05, 3.63) is 74.8 Å². The summed E-state index contributed by atoms with van der Waals surface area (Å²) < 4.78 is 0. The monoisotopic (exact) mass is 623 g/mol. The van der Waals surface area contributed by atoms with E-state index >= 15 is 0 Å². The molecule has 0 saturated carbocycles. The van der Waals surface area contributed by atoms with E-state index in [1.54, 1.807) is 6.08 Å². The minimum absolute atomic E-state index is 0.0150. The van der Waals surface area contributed by atoms with Crippen LogP contribution < -0.4 is 10.6 Å². The van der Waals surface area contributed by atoms with Crippen molar-refractivity contribution in [2.24, 2.45) is 17.8 Å². The SMILES string of the molecule is C=CC1=C(O)N[C@H](Cc2[nH]c(Cc3[nH]c(/C=C4\NC(=O)[C@H](C)[C@H]4[C@H]4C[SH+]4)c(C)c3CCC(=O)O)c(CCC(=O)O)c2C)C1C. The molecule has 0 radical (unpaired) electrons. The fourth-order valence-electron chi connectivity index (χ4n) is 6.88. The van der Waals surface area contributed by atoms with Crippen LogP contribution in [0.25, 0.3) is 6.08 Å². The molecule has 7 N–H and O–H groups in total. The van der Waals surface area contributed by atoms with Crippen LogP contribution in [-0.4, -0.2) is 60.2 Å². The van der Waals surface area contributed by atoms with Gasteiger partial charge in [0.2, 0.25) is 5.91 Å². The van der Waals surface area contributed by atoms with Gasteiger partial charge in [0.05, 0.1) is 5.92 Å². The maximum atomic E-state index is 12.6. The highest BCUT2D eigenvalue weighted by atomic mass is 32.2. The fourth-order valence-corrected chi connectivity index (χ4v) is 7.88. The first-order chi connectivity index (χ1) is 20.9. The van der Waals surface area contributed by atoms with Gasteiger partial charge in [-0.3, -0.25) is 14.4 Å². The van der Waals surface area contributed by atoms with E-state index in [1.165, 1.54) is 11.8 Å². The zero-order valence-electron chi connectivity index (χ0n) is 25.7. The van der Waals surface area contributed by atoms with Gasteiger partial charge in [-0.1, -0.05) is 26.5 Å². The molecule has 2 fully saturated rings. The number of amides is 1.